The lowest BCUT2D eigenvalue weighted by molar-refractivity contribution is 0.0527. The van der Waals surface area contributed by atoms with Crippen LogP contribution in [0.25, 0.3) is 0 Å². The number of benzene rings is 2. The van der Waals surface area contributed by atoms with E-state index in [-0.39, 0.29) is 21.3 Å². The van der Waals surface area contributed by atoms with Gasteiger partial charge in [0.25, 0.3) is 0 Å². The maximum atomic E-state index is 14.9. The maximum absolute atomic E-state index is 14.9. The molecule has 0 saturated carbocycles. The van der Waals surface area contributed by atoms with Gasteiger partial charge in [0.1, 0.15) is 28.3 Å². The fourth-order valence-corrected chi connectivity index (χ4v) is 5.77. The van der Waals surface area contributed by atoms with Crippen LogP contribution < -0.4 is 10.6 Å². The van der Waals surface area contributed by atoms with Gasteiger partial charge in [-0.05, 0) is 81.3 Å². The van der Waals surface area contributed by atoms with Gasteiger partial charge < -0.3 is 15.4 Å². The first-order valence-corrected chi connectivity index (χ1v) is 13.9. The number of sulfone groups is 1. The number of alkyl carbamates (subject to hydrolysis) is 1. The van der Waals surface area contributed by atoms with E-state index in [4.69, 9.17) is 27.9 Å². The number of hydrogen-bond acceptors (Lipinski definition) is 6. The molecule has 3 aromatic rings. The third kappa shape index (κ3) is 7.78. The Morgan fingerprint density at radius 2 is 1.71 bits per heavy atom. The normalized spacial score (nSPS) is 12.6. The molecule has 0 saturated heterocycles. The monoisotopic (exact) mass is 585 g/mol. The van der Waals surface area contributed by atoms with Crippen molar-refractivity contribution >= 4 is 45.0 Å². The Kier molecular flexibility index (Phi) is 9.56. The van der Waals surface area contributed by atoms with E-state index >= 15 is 0 Å². The minimum atomic E-state index is -4.32. The molecule has 204 valence electrons. The number of carbonyl (C=O) groups is 1. The first-order valence-electron chi connectivity index (χ1n) is 11.6. The Bertz CT molecular complexity index is 1400. The van der Waals surface area contributed by atoms with Gasteiger partial charge in [-0.2, -0.15) is 0 Å². The topological polar surface area (TPSA) is 97.4 Å². The van der Waals surface area contributed by atoms with E-state index < -0.39 is 44.0 Å². The van der Waals surface area contributed by atoms with Gasteiger partial charge in [-0.1, -0.05) is 23.2 Å². The Morgan fingerprint density at radius 1 is 1.03 bits per heavy atom. The summed E-state index contributed by atoms with van der Waals surface area (Å²) in [7, 11) is -4.32. The SMILES string of the molecule is CC(C)(C)OC(=O)NCCCNc1cc(C(c2cc(F)ccc2F)S(=O)(=O)c2ccc(Cl)cc2)c(Cl)cn1. The summed E-state index contributed by atoms with van der Waals surface area (Å²) in [5.41, 5.74) is -1.01. The summed E-state index contributed by atoms with van der Waals surface area (Å²) in [6.45, 7) is 5.94. The van der Waals surface area contributed by atoms with Gasteiger partial charge in [0.2, 0.25) is 0 Å². The van der Waals surface area contributed by atoms with Gasteiger partial charge in [-0.15, -0.1) is 0 Å². The number of amides is 1. The number of rotatable bonds is 9. The zero-order valence-electron chi connectivity index (χ0n) is 20.9. The number of aromatic nitrogens is 1. The first kappa shape index (κ1) is 29.6. The van der Waals surface area contributed by atoms with Crippen LogP contribution in [-0.4, -0.2) is 38.2 Å². The summed E-state index contributed by atoms with van der Waals surface area (Å²) < 4.78 is 61.8. The predicted octanol–water partition coefficient (Wildman–Crippen LogP) is 6.56. The number of nitrogens with one attached hydrogen (secondary N) is 2. The average Bonchev–Trinajstić information content (AvgIpc) is 2.82. The summed E-state index contributed by atoms with van der Waals surface area (Å²) in [4.78, 5) is 15.8. The number of pyridine rings is 1. The molecule has 2 N–H and O–H groups in total. The predicted molar refractivity (Wildman–Crippen MR) is 143 cm³/mol. The van der Waals surface area contributed by atoms with E-state index in [0.29, 0.717) is 24.5 Å². The lowest BCUT2D eigenvalue weighted by atomic mass is 10.0. The molecule has 0 radical (unpaired) electrons. The molecule has 1 atom stereocenters. The first-order chi connectivity index (χ1) is 17.8. The third-order valence-electron chi connectivity index (χ3n) is 5.19. The molecule has 12 heteroatoms. The standard InChI is InChI=1S/C26H27Cl2F2N3O4S/c1-26(2,3)37-25(34)32-12-4-11-31-23-14-19(21(28)15-33-23)24(20-13-17(29)7-10-22(20)30)38(35,36)18-8-5-16(27)6-9-18/h5-10,13-15,24H,4,11-12H2,1-3H3,(H,31,33)(H,32,34). The highest BCUT2D eigenvalue weighted by Gasteiger charge is 2.35. The van der Waals surface area contributed by atoms with Gasteiger partial charge in [0.15, 0.2) is 9.84 Å². The molecule has 0 aliphatic heterocycles. The molecule has 1 unspecified atom stereocenters. The van der Waals surface area contributed by atoms with Crippen LogP contribution in [0.1, 0.15) is 43.6 Å². The molecule has 0 aliphatic carbocycles. The fraction of sp³-hybridized carbons (Fsp3) is 0.308. The third-order valence-corrected chi connectivity index (χ3v) is 7.81. The minimum absolute atomic E-state index is 0.00972. The van der Waals surface area contributed by atoms with Crippen LogP contribution in [0, 0.1) is 11.6 Å². The molecule has 3 rings (SSSR count). The summed E-state index contributed by atoms with van der Waals surface area (Å²) in [6.07, 6.45) is 1.18. The van der Waals surface area contributed by atoms with E-state index in [9.17, 15) is 22.0 Å². The van der Waals surface area contributed by atoms with Gasteiger partial charge >= 0.3 is 6.09 Å². The molecule has 7 nitrogen and oxygen atoms in total. The Hall–Kier alpha value is -2.95. The molecular formula is C26H27Cl2F2N3O4S. The lowest BCUT2D eigenvalue weighted by Gasteiger charge is -2.21. The zero-order valence-corrected chi connectivity index (χ0v) is 23.2. The number of hydrogen-bond donors (Lipinski definition) is 2. The van der Waals surface area contributed by atoms with Crippen LogP contribution in [-0.2, 0) is 14.6 Å². The molecule has 0 aliphatic rings. The molecule has 1 amide bonds. The smallest absolute Gasteiger partial charge is 0.407 e. The van der Waals surface area contributed by atoms with Crippen LogP contribution >= 0.6 is 23.2 Å². The molecule has 1 aromatic heterocycles. The van der Waals surface area contributed by atoms with Gasteiger partial charge in [0, 0.05) is 29.9 Å². The van der Waals surface area contributed by atoms with Gasteiger partial charge in [-0.3, -0.25) is 0 Å². The fourth-order valence-electron chi connectivity index (χ4n) is 3.54. The van der Waals surface area contributed by atoms with E-state index in [1.54, 1.807) is 20.8 Å². The van der Waals surface area contributed by atoms with E-state index in [2.05, 4.69) is 15.6 Å². The van der Waals surface area contributed by atoms with Crippen molar-refractivity contribution in [2.45, 2.75) is 42.9 Å². The number of anilines is 1. The van der Waals surface area contributed by atoms with Gasteiger partial charge in [0.05, 0.1) is 9.92 Å². The summed E-state index contributed by atoms with van der Waals surface area (Å²) in [5.74, 6) is -1.46. The van der Waals surface area contributed by atoms with Crippen molar-refractivity contribution in [1.82, 2.24) is 10.3 Å². The molecule has 38 heavy (non-hydrogen) atoms. The molecule has 2 aromatic carbocycles. The molecule has 0 spiro atoms. The molecule has 1 heterocycles. The number of halogens is 4. The summed E-state index contributed by atoms with van der Waals surface area (Å²) in [5, 5.41) is 4.24. The largest absolute Gasteiger partial charge is 0.444 e. The zero-order chi connectivity index (χ0) is 28.1. The van der Waals surface area contributed by atoms with Crippen molar-refractivity contribution in [2.75, 3.05) is 18.4 Å². The Labute approximate surface area is 230 Å². The number of ether oxygens (including phenoxy) is 1. The van der Waals surface area contributed by atoms with Crippen LogP contribution in [0.2, 0.25) is 10.0 Å². The van der Waals surface area contributed by atoms with Gasteiger partial charge in [-0.25, -0.2) is 27.0 Å². The van der Waals surface area contributed by atoms with Crippen molar-refractivity contribution in [1.29, 1.82) is 0 Å². The minimum Gasteiger partial charge on any atom is -0.444 e. The molecular weight excluding hydrogens is 559 g/mol. The Morgan fingerprint density at radius 3 is 2.37 bits per heavy atom. The van der Waals surface area contributed by atoms with Crippen molar-refractivity contribution in [3.05, 3.63) is 87.5 Å². The number of nitrogens with zero attached hydrogens (tertiary/aromatic N) is 1. The lowest BCUT2D eigenvalue weighted by Crippen LogP contribution is -2.33. The summed E-state index contributed by atoms with van der Waals surface area (Å²) in [6, 6.07) is 9.32. The highest BCUT2D eigenvalue weighted by Crippen LogP contribution is 2.40. The summed E-state index contributed by atoms with van der Waals surface area (Å²) >= 11 is 12.3. The van der Waals surface area contributed by atoms with Crippen molar-refractivity contribution in [2.24, 2.45) is 0 Å². The highest BCUT2D eigenvalue weighted by atomic mass is 35.5. The second-order valence-electron chi connectivity index (χ2n) is 9.34. The van der Waals surface area contributed by atoms with Crippen LogP contribution in [0.5, 0.6) is 0 Å². The van der Waals surface area contributed by atoms with Crippen LogP contribution in [0.15, 0.2) is 59.6 Å². The maximum Gasteiger partial charge on any atom is 0.407 e. The Balaban J connectivity index is 1.89. The number of carbonyl (C=O) groups excluding carboxylic acids is 1. The average molecular weight is 586 g/mol. The van der Waals surface area contributed by atoms with Crippen molar-refractivity contribution < 1.29 is 26.7 Å². The van der Waals surface area contributed by atoms with Crippen LogP contribution in [0.3, 0.4) is 0 Å². The van der Waals surface area contributed by atoms with E-state index in [1.807, 2.05) is 0 Å². The van der Waals surface area contributed by atoms with E-state index in [1.165, 1.54) is 36.5 Å². The highest BCUT2D eigenvalue weighted by molar-refractivity contribution is 7.92. The quantitative estimate of drug-likeness (QED) is 0.276. The second-order valence-corrected chi connectivity index (χ2v) is 12.2. The second kappa shape index (κ2) is 12.3. The molecule has 0 fully saturated rings. The molecule has 0 bridgehead atoms. The van der Waals surface area contributed by atoms with Crippen molar-refractivity contribution in [3.63, 3.8) is 0 Å². The van der Waals surface area contributed by atoms with E-state index in [0.717, 1.165) is 18.2 Å². The van der Waals surface area contributed by atoms with Crippen LogP contribution in [0.4, 0.5) is 19.4 Å². The van der Waals surface area contributed by atoms with Crippen molar-refractivity contribution in [3.8, 4) is 0 Å².